The highest BCUT2D eigenvalue weighted by atomic mass is 79.9. The molecule has 5 aromatic carbocycles. The fourth-order valence-electron chi connectivity index (χ4n) is 6.94. The van der Waals surface area contributed by atoms with Gasteiger partial charge < -0.3 is 9.47 Å². The van der Waals surface area contributed by atoms with Crippen molar-refractivity contribution in [2.45, 2.75) is 30.8 Å². The minimum Gasteiger partial charge on any atom is -0.497 e. The molecule has 0 saturated heterocycles. The van der Waals surface area contributed by atoms with E-state index in [4.69, 9.17) is 19.7 Å². The standard InChI is InChI=1S/C40H35BrN4O3/c1-3-48-38(46)40(27-29-13-7-4-8-14-29)39(37(31-19-23-32(41)24-20-31)43-45(40)34-17-11-6-12-18-34)28-36(30-21-25-35(47-2)26-22-30)42-44(39)33-15-9-5-10-16-33/h4-26H,3,27-28H2,1-2H3/t39-,40-/m1/s1. The second-order valence-corrected chi connectivity index (χ2v) is 12.7. The SMILES string of the molecule is CCOC(=O)[C@@]1(Cc2ccccc2)N(c2ccccc2)N=C(c2ccc(Br)cc2)[C@]12CC(c1ccc(OC)cc1)=NN2c1ccccc1. The first-order chi connectivity index (χ1) is 23.5. The van der Waals surface area contributed by atoms with Crippen molar-refractivity contribution in [1.82, 2.24) is 0 Å². The highest BCUT2D eigenvalue weighted by Crippen LogP contribution is 2.54. The molecule has 0 amide bonds. The number of carbonyl (C=O) groups is 1. The summed E-state index contributed by atoms with van der Waals surface area (Å²) in [5.41, 5.74) is 3.38. The van der Waals surface area contributed by atoms with Crippen LogP contribution in [0.4, 0.5) is 11.4 Å². The van der Waals surface area contributed by atoms with Crippen LogP contribution in [0, 0.1) is 0 Å². The lowest BCUT2D eigenvalue weighted by molar-refractivity contribution is -0.151. The third kappa shape index (κ3) is 5.26. The number of anilines is 2. The number of carbonyl (C=O) groups excluding carboxylic acids is 1. The van der Waals surface area contributed by atoms with Crippen molar-refractivity contribution >= 4 is 44.7 Å². The van der Waals surface area contributed by atoms with E-state index in [1.54, 1.807) is 7.11 Å². The van der Waals surface area contributed by atoms with E-state index in [2.05, 4.69) is 28.1 Å². The molecule has 0 N–H and O–H groups in total. The number of hydrazone groups is 2. The van der Waals surface area contributed by atoms with Crippen molar-refractivity contribution in [3.63, 3.8) is 0 Å². The van der Waals surface area contributed by atoms with E-state index in [0.29, 0.717) is 12.8 Å². The van der Waals surface area contributed by atoms with Crippen molar-refractivity contribution in [2.75, 3.05) is 23.7 Å². The fourth-order valence-corrected chi connectivity index (χ4v) is 7.20. The van der Waals surface area contributed by atoms with Gasteiger partial charge in [-0.05, 0) is 78.7 Å². The lowest BCUT2D eigenvalue weighted by Gasteiger charge is -2.49. The van der Waals surface area contributed by atoms with Gasteiger partial charge in [-0.15, -0.1) is 0 Å². The van der Waals surface area contributed by atoms with E-state index in [1.165, 1.54) is 0 Å². The van der Waals surface area contributed by atoms with Gasteiger partial charge in [0.15, 0.2) is 5.54 Å². The highest BCUT2D eigenvalue weighted by Gasteiger charge is 2.73. The molecule has 48 heavy (non-hydrogen) atoms. The molecule has 0 saturated carbocycles. The van der Waals surface area contributed by atoms with Crippen molar-refractivity contribution < 1.29 is 14.3 Å². The maximum Gasteiger partial charge on any atom is 0.337 e. The number of hydrogen-bond acceptors (Lipinski definition) is 7. The van der Waals surface area contributed by atoms with Crippen LogP contribution >= 0.6 is 15.9 Å². The minimum atomic E-state index is -1.40. The lowest BCUT2D eigenvalue weighted by atomic mass is 9.66. The number of nitrogens with zero attached hydrogens (tertiary/aromatic N) is 4. The summed E-state index contributed by atoms with van der Waals surface area (Å²) in [5, 5.41) is 14.8. The number of halogens is 1. The van der Waals surface area contributed by atoms with E-state index >= 15 is 4.79 Å². The molecule has 2 atom stereocenters. The molecule has 2 aliphatic heterocycles. The van der Waals surface area contributed by atoms with E-state index in [1.807, 2.05) is 144 Å². The second kappa shape index (κ2) is 13.1. The van der Waals surface area contributed by atoms with Crippen molar-refractivity contribution in [2.24, 2.45) is 10.2 Å². The monoisotopic (exact) mass is 698 g/mol. The van der Waals surface area contributed by atoms with Gasteiger partial charge in [0.05, 0.1) is 36.5 Å². The maximum absolute atomic E-state index is 15.2. The molecule has 0 fully saturated rings. The molecule has 0 radical (unpaired) electrons. The van der Waals surface area contributed by atoms with Crippen LogP contribution < -0.4 is 14.8 Å². The number of para-hydroxylation sites is 2. The van der Waals surface area contributed by atoms with Crippen molar-refractivity contribution in [3.8, 4) is 5.75 Å². The van der Waals surface area contributed by atoms with Gasteiger partial charge in [-0.3, -0.25) is 0 Å². The van der Waals surface area contributed by atoms with Gasteiger partial charge >= 0.3 is 5.97 Å². The van der Waals surface area contributed by atoms with Gasteiger partial charge in [-0.25, -0.2) is 14.8 Å². The average Bonchev–Trinajstić information content (AvgIpc) is 3.67. The molecule has 0 aromatic heterocycles. The summed E-state index contributed by atoms with van der Waals surface area (Å²) in [5.74, 6) is 0.380. The Hall–Kier alpha value is -5.21. The van der Waals surface area contributed by atoms with Crippen LogP contribution in [0.1, 0.15) is 30.0 Å². The Balaban J connectivity index is 1.57. The Kier molecular flexibility index (Phi) is 8.58. The van der Waals surface area contributed by atoms with E-state index < -0.39 is 11.1 Å². The van der Waals surface area contributed by atoms with Crippen LogP contribution in [-0.4, -0.2) is 42.2 Å². The molecular formula is C40H35BrN4O3. The number of ether oxygens (including phenoxy) is 2. The topological polar surface area (TPSA) is 66.7 Å². The average molecular weight is 700 g/mol. The predicted octanol–water partition coefficient (Wildman–Crippen LogP) is 8.28. The zero-order valence-electron chi connectivity index (χ0n) is 26.8. The summed E-state index contributed by atoms with van der Waals surface area (Å²) < 4.78 is 12.6. The molecule has 7 nitrogen and oxygen atoms in total. The number of benzene rings is 5. The Labute approximate surface area is 289 Å². The minimum absolute atomic E-state index is 0.208. The van der Waals surface area contributed by atoms with Crippen molar-refractivity contribution in [1.29, 1.82) is 0 Å². The van der Waals surface area contributed by atoms with Crippen LogP contribution in [0.15, 0.2) is 154 Å². The van der Waals surface area contributed by atoms with Crippen molar-refractivity contribution in [3.05, 3.63) is 161 Å². The van der Waals surface area contributed by atoms with Gasteiger partial charge in [0, 0.05) is 22.9 Å². The summed E-state index contributed by atoms with van der Waals surface area (Å²) in [6.07, 6.45) is 0.679. The lowest BCUT2D eigenvalue weighted by Crippen LogP contribution is -2.73. The molecule has 0 aliphatic carbocycles. The summed E-state index contributed by atoms with van der Waals surface area (Å²) >= 11 is 3.62. The summed E-state index contributed by atoms with van der Waals surface area (Å²) in [6, 6.07) is 46.1. The molecule has 0 bridgehead atoms. The van der Waals surface area contributed by atoms with Gasteiger partial charge in [-0.2, -0.15) is 10.2 Å². The highest BCUT2D eigenvalue weighted by molar-refractivity contribution is 9.10. The van der Waals surface area contributed by atoms with Gasteiger partial charge in [0.2, 0.25) is 0 Å². The zero-order chi connectivity index (χ0) is 33.1. The number of rotatable bonds is 9. The smallest absolute Gasteiger partial charge is 0.337 e. The Morgan fingerprint density at radius 3 is 1.88 bits per heavy atom. The number of methoxy groups -OCH3 is 1. The fraction of sp³-hybridized carbons (Fsp3) is 0.175. The van der Waals surface area contributed by atoms with E-state index in [-0.39, 0.29) is 12.6 Å². The number of hydrogen-bond donors (Lipinski definition) is 0. The van der Waals surface area contributed by atoms with Gasteiger partial charge in [0.25, 0.3) is 0 Å². The van der Waals surface area contributed by atoms with Crippen LogP contribution in [0.5, 0.6) is 5.75 Å². The molecule has 8 heteroatoms. The third-order valence-corrected chi connectivity index (χ3v) is 9.63. The first-order valence-corrected chi connectivity index (χ1v) is 16.8. The van der Waals surface area contributed by atoms with E-state index in [0.717, 1.165) is 49.7 Å². The van der Waals surface area contributed by atoms with Gasteiger partial charge in [-0.1, -0.05) is 94.8 Å². The molecular weight excluding hydrogens is 664 g/mol. The normalized spacial score (nSPS) is 20.1. The van der Waals surface area contributed by atoms with Crippen LogP contribution in [0.25, 0.3) is 0 Å². The predicted molar refractivity (Wildman–Crippen MR) is 195 cm³/mol. The maximum atomic E-state index is 15.2. The molecule has 240 valence electrons. The first-order valence-electron chi connectivity index (χ1n) is 16.0. The number of esters is 1. The van der Waals surface area contributed by atoms with E-state index in [9.17, 15) is 0 Å². The molecule has 2 aliphatic rings. The molecule has 5 aromatic rings. The second-order valence-electron chi connectivity index (χ2n) is 11.8. The largest absolute Gasteiger partial charge is 0.497 e. The first kappa shape index (κ1) is 31.4. The summed E-state index contributed by atoms with van der Waals surface area (Å²) in [7, 11) is 1.66. The molecule has 2 heterocycles. The summed E-state index contributed by atoms with van der Waals surface area (Å²) in [6.45, 7) is 2.06. The van der Waals surface area contributed by atoms with Crippen LogP contribution in [-0.2, 0) is 16.0 Å². The Bertz CT molecular complexity index is 1950. The van der Waals surface area contributed by atoms with Crippen LogP contribution in [0.3, 0.4) is 0 Å². The Morgan fingerprint density at radius 2 is 1.29 bits per heavy atom. The quantitative estimate of drug-likeness (QED) is 0.145. The Morgan fingerprint density at radius 1 is 0.729 bits per heavy atom. The van der Waals surface area contributed by atoms with Gasteiger partial charge in [0.1, 0.15) is 11.3 Å². The zero-order valence-corrected chi connectivity index (χ0v) is 28.4. The molecule has 7 rings (SSSR count). The van der Waals surface area contributed by atoms with Crippen LogP contribution in [0.2, 0.25) is 0 Å². The summed E-state index contributed by atoms with van der Waals surface area (Å²) in [4.78, 5) is 15.2. The third-order valence-electron chi connectivity index (χ3n) is 9.10. The molecule has 1 spiro atoms. The molecule has 0 unspecified atom stereocenters.